The summed E-state index contributed by atoms with van der Waals surface area (Å²) in [7, 11) is 0. The number of hydrogen-bond donors (Lipinski definition) is 1. The van der Waals surface area contributed by atoms with Gasteiger partial charge in [-0.15, -0.1) is 10.2 Å². The minimum absolute atomic E-state index is 0.117. The molecule has 0 aliphatic rings. The van der Waals surface area contributed by atoms with E-state index in [2.05, 4.69) is 15.5 Å². The molecule has 4 nitrogen and oxygen atoms in total. The van der Waals surface area contributed by atoms with Crippen LogP contribution in [0.1, 0.15) is 24.4 Å². The zero-order valence-electron chi connectivity index (χ0n) is 11.1. The molecular weight excluding hydrogens is 255 g/mol. The lowest BCUT2D eigenvalue weighted by Gasteiger charge is -2.13. The summed E-state index contributed by atoms with van der Waals surface area (Å²) >= 11 is 0. The van der Waals surface area contributed by atoms with E-state index in [1.54, 1.807) is 12.1 Å². The van der Waals surface area contributed by atoms with Crippen molar-refractivity contribution < 1.29 is 4.39 Å². The van der Waals surface area contributed by atoms with E-state index < -0.39 is 0 Å². The SMILES string of the molecule is CC(NCc1nnc2ccccn12)c1ccc(F)cc1. The van der Waals surface area contributed by atoms with Crippen LogP contribution in [0.3, 0.4) is 0 Å². The molecule has 0 saturated heterocycles. The van der Waals surface area contributed by atoms with E-state index in [0.717, 1.165) is 17.0 Å². The van der Waals surface area contributed by atoms with Gasteiger partial charge in [0, 0.05) is 12.2 Å². The van der Waals surface area contributed by atoms with E-state index in [1.807, 2.05) is 35.7 Å². The Morgan fingerprint density at radius 2 is 1.95 bits per heavy atom. The van der Waals surface area contributed by atoms with Gasteiger partial charge in [-0.1, -0.05) is 18.2 Å². The molecule has 1 unspecified atom stereocenters. The van der Waals surface area contributed by atoms with E-state index in [0.29, 0.717) is 6.54 Å². The Kier molecular flexibility index (Phi) is 3.43. The van der Waals surface area contributed by atoms with Crippen molar-refractivity contribution in [2.75, 3.05) is 0 Å². The van der Waals surface area contributed by atoms with Crippen LogP contribution in [0.2, 0.25) is 0 Å². The first-order valence-corrected chi connectivity index (χ1v) is 6.51. The highest BCUT2D eigenvalue weighted by molar-refractivity contribution is 5.37. The first kappa shape index (κ1) is 12.7. The first-order valence-electron chi connectivity index (χ1n) is 6.51. The standard InChI is InChI=1S/C15H15FN4/c1-11(12-5-7-13(16)8-6-12)17-10-15-19-18-14-4-2-3-9-20(14)15/h2-9,11,17H,10H2,1H3. The molecule has 1 atom stereocenters. The maximum atomic E-state index is 12.9. The second-order valence-electron chi connectivity index (χ2n) is 4.70. The number of hydrogen-bond acceptors (Lipinski definition) is 3. The lowest BCUT2D eigenvalue weighted by molar-refractivity contribution is 0.554. The highest BCUT2D eigenvalue weighted by Crippen LogP contribution is 2.13. The van der Waals surface area contributed by atoms with Gasteiger partial charge >= 0.3 is 0 Å². The zero-order valence-corrected chi connectivity index (χ0v) is 11.1. The third kappa shape index (κ3) is 2.53. The molecule has 2 heterocycles. The van der Waals surface area contributed by atoms with Crippen LogP contribution in [-0.4, -0.2) is 14.6 Å². The minimum atomic E-state index is -0.218. The summed E-state index contributed by atoms with van der Waals surface area (Å²) in [6.07, 6.45) is 1.94. The molecule has 5 heteroatoms. The lowest BCUT2D eigenvalue weighted by Crippen LogP contribution is -2.19. The van der Waals surface area contributed by atoms with Crippen molar-refractivity contribution in [3.63, 3.8) is 0 Å². The molecule has 20 heavy (non-hydrogen) atoms. The fraction of sp³-hybridized carbons (Fsp3) is 0.200. The number of pyridine rings is 1. The highest BCUT2D eigenvalue weighted by atomic mass is 19.1. The molecule has 1 aromatic carbocycles. The number of nitrogens with zero attached hydrogens (tertiary/aromatic N) is 3. The molecule has 2 aromatic heterocycles. The van der Waals surface area contributed by atoms with Gasteiger partial charge in [-0.05, 0) is 36.8 Å². The van der Waals surface area contributed by atoms with Crippen molar-refractivity contribution in [1.82, 2.24) is 19.9 Å². The second kappa shape index (κ2) is 5.38. The van der Waals surface area contributed by atoms with Crippen molar-refractivity contribution in [2.24, 2.45) is 0 Å². The molecule has 0 fully saturated rings. The Hall–Kier alpha value is -2.27. The van der Waals surface area contributed by atoms with E-state index in [9.17, 15) is 4.39 Å². The van der Waals surface area contributed by atoms with Crippen LogP contribution >= 0.6 is 0 Å². The van der Waals surface area contributed by atoms with Gasteiger partial charge in [-0.25, -0.2) is 4.39 Å². The summed E-state index contributed by atoms with van der Waals surface area (Å²) in [6, 6.07) is 12.4. The summed E-state index contributed by atoms with van der Waals surface area (Å²) in [5.74, 6) is 0.638. The molecule has 102 valence electrons. The molecule has 3 aromatic rings. The van der Waals surface area contributed by atoms with Crippen molar-refractivity contribution in [3.8, 4) is 0 Å². The van der Waals surface area contributed by atoms with E-state index in [4.69, 9.17) is 0 Å². The Balaban J connectivity index is 1.71. The largest absolute Gasteiger partial charge is 0.303 e. The summed E-state index contributed by atoms with van der Waals surface area (Å²) in [6.45, 7) is 2.64. The number of aromatic nitrogens is 3. The molecular formula is C15H15FN4. The van der Waals surface area contributed by atoms with Crippen LogP contribution < -0.4 is 5.32 Å². The predicted octanol–water partition coefficient (Wildman–Crippen LogP) is 2.72. The van der Waals surface area contributed by atoms with Gasteiger partial charge in [-0.3, -0.25) is 4.40 Å². The maximum Gasteiger partial charge on any atom is 0.160 e. The van der Waals surface area contributed by atoms with Crippen LogP contribution in [0.15, 0.2) is 48.7 Å². The average molecular weight is 270 g/mol. The Labute approximate surface area is 116 Å². The Bertz CT molecular complexity index is 705. The lowest BCUT2D eigenvalue weighted by atomic mass is 10.1. The average Bonchev–Trinajstić information content (AvgIpc) is 2.89. The van der Waals surface area contributed by atoms with Gasteiger partial charge in [0.15, 0.2) is 11.5 Å². The highest BCUT2D eigenvalue weighted by Gasteiger charge is 2.08. The number of halogens is 1. The van der Waals surface area contributed by atoms with Gasteiger partial charge in [0.25, 0.3) is 0 Å². The van der Waals surface area contributed by atoms with Crippen molar-refractivity contribution >= 4 is 5.65 Å². The number of nitrogens with one attached hydrogen (secondary N) is 1. The van der Waals surface area contributed by atoms with Gasteiger partial charge in [0.05, 0.1) is 6.54 Å². The molecule has 0 spiro atoms. The van der Waals surface area contributed by atoms with Crippen LogP contribution in [0.5, 0.6) is 0 Å². The number of fused-ring (bicyclic) bond motifs is 1. The summed E-state index contributed by atoms with van der Waals surface area (Å²) < 4.78 is 14.8. The van der Waals surface area contributed by atoms with Gasteiger partial charge in [-0.2, -0.15) is 0 Å². The van der Waals surface area contributed by atoms with Crippen LogP contribution in [0.4, 0.5) is 4.39 Å². The molecule has 0 aliphatic carbocycles. The van der Waals surface area contributed by atoms with E-state index in [-0.39, 0.29) is 11.9 Å². The Morgan fingerprint density at radius 3 is 2.75 bits per heavy atom. The molecule has 0 amide bonds. The summed E-state index contributed by atoms with van der Waals surface area (Å²) in [4.78, 5) is 0. The van der Waals surface area contributed by atoms with Crippen LogP contribution in [-0.2, 0) is 6.54 Å². The predicted molar refractivity (Wildman–Crippen MR) is 74.6 cm³/mol. The smallest absolute Gasteiger partial charge is 0.160 e. The normalized spacial score (nSPS) is 12.7. The summed E-state index contributed by atoms with van der Waals surface area (Å²) in [5.41, 5.74) is 1.87. The molecule has 0 radical (unpaired) electrons. The van der Waals surface area contributed by atoms with Crippen molar-refractivity contribution in [1.29, 1.82) is 0 Å². The third-order valence-corrected chi connectivity index (χ3v) is 3.32. The van der Waals surface area contributed by atoms with Gasteiger partial charge < -0.3 is 5.32 Å². The van der Waals surface area contributed by atoms with E-state index in [1.165, 1.54) is 12.1 Å². The molecule has 0 aliphatic heterocycles. The fourth-order valence-corrected chi connectivity index (χ4v) is 2.13. The molecule has 0 saturated carbocycles. The molecule has 1 N–H and O–H groups in total. The van der Waals surface area contributed by atoms with Gasteiger partial charge in [0.1, 0.15) is 5.82 Å². The van der Waals surface area contributed by atoms with Crippen molar-refractivity contribution in [3.05, 3.63) is 65.9 Å². The third-order valence-electron chi connectivity index (χ3n) is 3.32. The topological polar surface area (TPSA) is 42.2 Å². The minimum Gasteiger partial charge on any atom is -0.303 e. The number of rotatable bonds is 4. The van der Waals surface area contributed by atoms with Crippen molar-refractivity contribution in [2.45, 2.75) is 19.5 Å². The van der Waals surface area contributed by atoms with Crippen LogP contribution in [0, 0.1) is 5.82 Å². The zero-order chi connectivity index (χ0) is 13.9. The summed E-state index contributed by atoms with van der Waals surface area (Å²) in [5, 5.41) is 11.6. The first-order chi connectivity index (χ1) is 9.74. The second-order valence-corrected chi connectivity index (χ2v) is 4.70. The Morgan fingerprint density at radius 1 is 1.15 bits per heavy atom. The monoisotopic (exact) mass is 270 g/mol. The molecule has 0 bridgehead atoms. The fourth-order valence-electron chi connectivity index (χ4n) is 2.13. The van der Waals surface area contributed by atoms with E-state index >= 15 is 0 Å². The number of benzene rings is 1. The maximum absolute atomic E-state index is 12.9. The van der Waals surface area contributed by atoms with Gasteiger partial charge in [0.2, 0.25) is 0 Å². The molecule has 3 rings (SSSR count). The quantitative estimate of drug-likeness (QED) is 0.792. The van der Waals surface area contributed by atoms with Crippen LogP contribution in [0.25, 0.3) is 5.65 Å².